The molecule has 0 spiro atoms. The Morgan fingerprint density at radius 1 is 1.04 bits per heavy atom. The highest BCUT2D eigenvalue weighted by Crippen LogP contribution is 2.34. The van der Waals surface area contributed by atoms with Crippen LogP contribution in [0.5, 0.6) is 11.5 Å². The van der Waals surface area contributed by atoms with Crippen LogP contribution >= 0.6 is 34.8 Å². The van der Waals surface area contributed by atoms with E-state index in [9.17, 15) is 9.90 Å². The number of carbonyl (C=O) groups excluding carboxylic acids is 1. The van der Waals surface area contributed by atoms with Gasteiger partial charge in [-0.25, -0.2) is 0 Å². The van der Waals surface area contributed by atoms with Crippen LogP contribution in [0.2, 0.25) is 10.0 Å². The maximum Gasteiger partial charge on any atom is 0.169 e. The molecule has 0 saturated carbocycles. The zero-order valence-corrected chi connectivity index (χ0v) is 17.9. The maximum atomic E-state index is 11.3. The Kier molecular flexibility index (Phi) is 9.39. The van der Waals surface area contributed by atoms with E-state index in [1.807, 2.05) is 43.3 Å². The number of aliphatic hydroxyl groups is 1. The first-order valence-electron chi connectivity index (χ1n) is 9.01. The summed E-state index contributed by atoms with van der Waals surface area (Å²) in [4.78, 5) is 11.3. The fraction of sp³-hybridized carbons (Fsp3) is 0.381. The number of benzene rings is 2. The minimum atomic E-state index is -0.777. The number of aryl methyl sites for hydroxylation is 2. The number of rotatable bonds is 11. The van der Waals surface area contributed by atoms with Crippen molar-refractivity contribution in [1.29, 1.82) is 0 Å². The van der Waals surface area contributed by atoms with E-state index in [0.29, 0.717) is 28.0 Å². The van der Waals surface area contributed by atoms with E-state index in [0.717, 1.165) is 24.0 Å². The third-order valence-electron chi connectivity index (χ3n) is 4.08. The van der Waals surface area contributed by atoms with Gasteiger partial charge in [-0.05, 0) is 48.2 Å². The number of ether oxygens (including phenoxy) is 2. The molecule has 0 aliphatic heterocycles. The molecule has 0 bridgehead atoms. The van der Waals surface area contributed by atoms with Crippen molar-refractivity contribution in [3.8, 4) is 11.5 Å². The van der Waals surface area contributed by atoms with Crippen LogP contribution in [0, 0.1) is 0 Å². The van der Waals surface area contributed by atoms with Gasteiger partial charge in [0.1, 0.15) is 25.1 Å². The first-order valence-corrected chi connectivity index (χ1v) is 10.3. The SMILES string of the molecule is CCC(=O)COc1ccc(CCc2cc(Cl)c(OCC(O)CCl)c(Cl)c2)cc1. The van der Waals surface area contributed by atoms with Crippen LogP contribution in [0.25, 0.3) is 0 Å². The number of hydrogen-bond acceptors (Lipinski definition) is 4. The zero-order chi connectivity index (χ0) is 20.5. The summed E-state index contributed by atoms with van der Waals surface area (Å²) in [5.41, 5.74) is 2.11. The van der Waals surface area contributed by atoms with Crippen LogP contribution < -0.4 is 9.47 Å². The van der Waals surface area contributed by atoms with Crippen LogP contribution in [0.4, 0.5) is 0 Å². The van der Waals surface area contributed by atoms with Crippen molar-refractivity contribution >= 4 is 40.6 Å². The number of Topliss-reactive ketones (excluding diaryl/α,β-unsaturated/α-hetero) is 1. The Bertz CT molecular complexity index is 755. The molecule has 1 N–H and O–H groups in total. The van der Waals surface area contributed by atoms with Gasteiger partial charge in [-0.3, -0.25) is 4.79 Å². The lowest BCUT2D eigenvalue weighted by Crippen LogP contribution is -2.19. The molecule has 2 aromatic carbocycles. The van der Waals surface area contributed by atoms with Crippen molar-refractivity contribution in [3.05, 3.63) is 57.6 Å². The molecule has 2 rings (SSSR count). The van der Waals surface area contributed by atoms with Gasteiger partial charge in [-0.1, -0.05) is 42.3 Å². The van der Waals surface area contributed by atoms with Crippen molar-refractivity contribution < 1.29 is 19.4 Å². The van der Waals surface area contributed by atoms with E-state index in [4.69, 9.17) is 44.3 Å². The van der Waals surface area contributed by atoms with Gasteiger partial charge in [-0.2, -0.15) is 0 Å². The second-order valence-electron chi connectivity index (χ2n) is 6.33. The molecule has 0 fully saturated rings. The first kappa shape index (κ1) is 22.8. The molecule has 4 nitrogen and oxygen atoms in total. The van der Waals surface area contributed by atoms with E-state index in [1.165, 1.54) is 0 Å². The van der Waals surface area contributed by atoms with Crippen LogP contribution in [0.15, 0.2) is 36.4 Å². The zero-order valence-electron chi connectivity index (χ0n) is 15.6. The maximum absolute atomic E-state index is 11.3. The Morgan fingerprint density at radius 3 is 2.21 bits per heavy atom. The molecule has 28 heavy (non-hydrogen) atoms. The molecule has 1 atom stereocenters. The molecule has 0 aliphatic rings. The second-order valence-corrected chi connectivity index (χ2v) is 7.46. The van der Waals surface area contributed by atoms with Gasteiger partial charge in [0.05, 0.1) is 15.9 Å². The second kappa shape index (κ2) is 11.5. The smallest absolute Gasteiger partial charge is 0.169 e. The van der Waals surface area contributed by atoms with E-state index in [1.54, 1.807) is 0 Å². The average Bonchev–Trinajstić information content (AvgIpc) is 2.70. The van der Waals surface area contributed by atoms with E-state index in [2.05, 4.69) is 0 Å². The van der Waals surface area contributed by atoms with Crippen molar-refractivity contribution in [2.75, 3.05) is 19.1 Å². The molecule has 7 heteroatoms. The van der Waals surface area contributed by atoms with Crippen LogP contribution in [0.1, 0.15) is 24.5 Å². The molecule has 0 radical (unpaired) electrons. The molecule has 1 unspecified atom stereocenters. The fourth-order valence-electron chi connectivity index (χ4n) is 2.43. The van der Waals surface area contributed by atoms with Crippen molar-refractivity contribution in [1.82, 2.24) is 0 Å². The molecule has 0 saturated heterocycles. The summed E-state index contributed by atoms with van der Waals surface area (Å²) in [6, 6.07) is 11.3. The Hall–Kier alpha value is -1.46. The molecule has 0 heterocycles. The van der Waals surface area contributed by atoms with E-state index < -0.39 is 6.10 Å². The summed E-state index contributed by atoms with van der Waals surface area (Å²) in [5.74, 6) is 1.17. The molecular weight excluding hydrogens is 423 g/mol. The fourth-order valence-corrected chi connectivity index (χ4v) is 3.16. The highest BCUT2D eigenvalue weighted by molar-refractivity contribution is 6.37. The van der Waals surface area contributed by atoms with Gasteiger partial charge >= 0.3 is 0 Å². The number of alkyl halides is 1. The van der Waals surface area contributed by atoms with Gasteiger partial charge in [0, 0.05) is 6.42 Å². The third kappa shape index (κ3) is 7.17. The number of carbonyl (C=O) groups is 1. The summed E-state index contributed by atoms with van der Waals surface area (Å²) >= 11 is 18.1. The largest absolute Gasteiger partial charge is 0.488 e. The summed E-state index contributed by atoms with van der Waals surface area (Å²) in [6.45, 7) is 1.94. The van der Waals surface area contributed by atoms with Gasteiger partial charge in [0.15, 0.2) is 11.5 Å². The standard InChI is InChI=1S/C21H23Cl3O4/c1-2-16(25)12-27-18-7-5-14(6-8-18)3-4-15-9-19(23)21(20(24)10-15)28-13-17(26)11-22/h5-10,17,26H,2-4,11-13H2,1H3. The monoisotopic (exact) mass is 444 g/mol. The van der Waals surface area contributed by atoms with Crippen LogP contribution in [0.3, 0.4) is 0 Å². The van der Waals surface area contributed by atoms with Crippen LogP contribution in [-0.2, 0) is 17.6 Å². The Labute approximate surface area is 180 Å². The molecule has 152 valence electrons. The third-order valence-corrected chi connectivity index (χ3v) is 4.99. The Balaban J connectivity index is 1.92. The number of ketones is 1. The van der Waals surface area contributed by atoms with Gasteiger partial charge in [-0.15, -0.1) is 11.6 Å². The molecule has 0 aromatic heterocycles. The minimum absolute atomic E-state index is 0.0283. The highest BCUT2D eigenvalue weighted by Gasteiger charge is 2.12. The molecule has 2 aromatic rings. The quantitative estimate of drug-likeness (QED) is 0.488. The van der Waals surface area contributed by atoms with E-state index >= 15 is 0 Å². The topological polar surface area (TPSA) is 55.8 Å². The summed E-state index contributed by atoms with van der Waals surface area (Å²) < 4.78 is 10.9. The van der Waals surface area contributed by atoms with Crippen molar-refractivity contribution in [2.45, 2.75) is 32.3 Å². The predicted molar refractivity (Wildman–Crippen MR) is 113 cm³/mol. The summed E-state index contributed by atoms with van der Waals surface area (Å²) in [5, 5.41) is 10.3. The van der Waals surface area contributed by atoms with E-state index in [-0.39, 0.29) is 24.9 Å². The minimum Gasteiger partial charge on any atom is -0.488 e. The number of aliphatic hydroxyl groups excluding tert-OH is 1. The van der Waals surface area contributed by atoms with Gasteiger partial charge in [0.2, 0.25) is 0 Å². The lowest BCUT2D eigenvalue weighted by molar-refractivity contribution is -0.120. The molecular formula is C21H23Cl3O4. The lowest BCUT2D eigenvalue weighted by atomic mass is 10.0. The first-order chi connectivity index (χ1) is 13.4. The van der Waals surface area contributed by atoms with Gasteiger partial charge in [0.25, 0.3) is 0 Å². The van der Waals surface area contributed by atoms with Crippen molar-refractivity contribution in [3.63, 3.8) is 0 Å². The number of hydrogen-bond donors (Lipinski definition) is 1. The summed E-state index contributed by atoms with van der Waals surface area (Å²) in [6.07, 6.45) is 1.24. The molecule has 0 amide bonds. The normalized spacial score (nSPS) is 11.9. The van der Waals surface area contributed by atoms with Gasteiger partial charge < -0.3 is 14.6 Å². The summed E-state index contributed by atoms with van der Waals surface area (Å²) in [7, 11) is 0. The van der Waals surface area contributed by atoms with Crippen LogP contribution in [-0.4, -0.2) is 36.1 Å². The average molecular weight is 446 g/mol. The predicted octanol–water partition coefficient (Wildman–Crippen LogP) is 5.12. The highest BCUT2D eigenvalue weighted by atomic mass is 35.5. The lowest BCUT2D eigenvalue weighted by Gasteiger charge is -2.14. The Morgan fingerprint density at radius 2 is 1.64 bits per heavy atom. The van der Waals surface area contributed by atoms with Crippen molar-refractivity contribution in [2.24, 2.45) is 0 Å². The molecule has 0 aliphatic carbocycles. The number of halogens is 3.